The third kappa shape index (κ3) is 12.8. The van der Waals surface area contributed by atoms with Crippen molar-refractivity contribution < 1.29 is 49.1 Å². The molecule has 4 N–H and O–H groups in total. The molecule has 2 aromatic carbocycles. The van der Waals surface area contributed by atoms with Gasteiger partial charge >= 0.3 is 12.4 Å². The second-order valence-electron chi connectivity index (χ2n) is 12.1. The molecule has 1 atom stereocenters. The van der Waals surface area contributed by atoms with E-state index in [1.807, 2.05) is 6.07 Å². The molecule has 0 aliphatic heterocycles. The summed E-state index contributed by atoms with van der Waals surface area (Å²) in [5.41, 5.74) is -2.86. The number of sulfonamides is 1. The highest BCUT2D eigenvalue weighted by Gasteiger charge is 2.37. The van der Waals surface area contributed by atoms with E-state index < -0.39 is 56.8 Å². The fourth-order valence-corrected chi connectivity index (χ4v) is 6.60. The van der Waals surface area contributed by atoms with Crippen LogP contribution in [0.25, 0.3) is 0 Å². The fraction of sp³-hybridized carbons (Fsp3) is 0.429. The number of alkyl halides is 6. The first kappa shape index (κ1) is 41.7. The van der Waals surface area contributed by atoms with Crippen LogP contribution in [-0.2, 0) is 27.2 Å². The Bertz CT molecular complexity index is 1770. The zero-order valence-corrected chi connectivity index (χ0v) is 29.0. The summed E-state index contributed by atoms with van der Waals surface area (Å²) in [4.78, 5) is 37.3. The van der Waals surface area contributed by atoms with Crippen LogP contribution in [0.1, 0.15) is 89.3 Å². The van der Waals surface area contributed by atoms with Crippen molar-refractivity contribution in [2.75, 3.05) is 26.2 Å². The Balaban J connectivity index is 1.36. The molecule has 0 radical (unpaired) electrons. The SMILES string of the molecule is CC1CC=C(C(=O)NCCCCCNC(=O)c2ccc(C#N)cc2)C=C1S(=O)(=O)NCCCCCNC(=O)c1cc(C(F)(F)F)cc(C(F)(F)F)c1. The minimum Gasteiger partial charge on any atom is -0.352 e. The van der Waals surface area contributed by atoms with Crippen molar-refractivity contribution in [2.24, 2.45) is 5.92 Å². The normalized spacial score (nSPS) is 14.8. The average molecular weight is 756 g/mol. The molecule has 3 amide bonds. The van der Waals surface area contributed by atoms with Gasteiger partial charge in [0.2, 0.25) is 10.0 Å². The van der Waals surface area contributed by atoms with Crippen LogP contribution < -0.4 is 20.7 Å². The maximum absolute atomic E-state index is 13.1. The van der Waals surface area contributed by atoms with Crippen molar-refractivity contribution in [1.29, 1.82) is 5.26 Å². The molecule has 1 aliphatic carbocycles. The molecular weight excluding hydrogens is 716 g/mol. The molecule has 17 heteroatoms. The Hall–Kier alpha value is -4.69. The molecule has 282 valence electrons. The predicted molar refractivity (Wildman–Crippen MR) is 180 cm³/mol. The highest BCUT2D eigenvalue weighted by Crippen LogP contribution is 2.36. The van der Waals surface area contributed by atoms with Gasteiger partial charge in [0.05, 0.1) is 27.7 Å². The summed E-state index contributed by atoms with van der Waals surface area (Å²) in [7, 11) is -3.95. The Kier molecular flexibility index (Phi) is 15.0. The number of benzene rings is 2. The minimum atomic E-state index is -5.08. The molecule has 0 aromatic heterocycles. The summed E-state index contributed by atoms with van der Waals surface area (Å²) >= 11 is 0. The Labute approximate surface area is 297 Å². The van der Waals surface area contributed by atoms with E-state index in [1.165, 1.54) is 6.08 Å². The number of nitriles is 1. The Morgan fingerprint density at radius 2 is 1.21 bits per heavy atom. The summed E-state index contributed by atoms with van der Waals surface area (Å²) < 4.78 is 107. The molecule has 0 bridgehead atoms. The van der Waals surface area contributed by atoms with Crippen molar-refractivity contribution in [3.8, 4) is 6.07 Å². The van der Waals surface area contributed by atoms with Gasteiger partial charge in [-0.05, 0) is 93.0 Å². The van der Waals surface area contributed by atoms with Gasteiger partial charge in [-0.25, -0.2) is 13.1 Å². The number of hydrogen-bond acceptors (Lipinski definition) is 6. The van der Waals surface area contributed by atoms with E-state index in [1.54, 1.807) is 37.3 Å². The van der Waals surface area contributed by atoms with Crippen molar-refractivity contribution in [2.45, 2.75) is 64.2 Å². The van der Waals surface area contributed by atoms with Gasteiger partial charge in [-0.3, -0.25) is 14.4 Å². The van der Waals surface area contributed by atoms with Gasteiger partial charge in [0.1, 0.15) is 0 Å². The smallest absolute Gasteiger partial charge is 0.352 e. The zero-order valence-electron chi connectivity index (χ0n) is 28.2. The number of carbonyl (C=O) groups is 3. The topological polar surface area (TPSA) is 157 Å². The number of hydrogen-bond donors (Lipinski definition) is 4. The van der Waals surface area contributed by atoms with Crippen LogP contribution in [0.15, 0.2) is 65.1 Å². The van der Waals surface area contributed by atoms with Crippen LogP contribution in [0, 0.1) is 17.2 Å². The first-order valence-corrected chi connectivity index (χ1v) is 18.0. The molecule has 1 unspecified atom stereocenters. The van der Waals surface area contributed by atoms with E-state index in [-0.39, 0.29) is 42.0 Å². The van der Waals surface area contributed by atoms with Gasteiger partial charge in [-0.2, -0.15) is 31.6 Å². The van der Waals surface area contributed by atoms with E-state index in [9.17, 15) is 49.1 Å². The van der Waals surface area contributed by atoms with E-state index in [2.05, 4.69) is 20.7 Å². The van der Waals surface area contributed by atoms with E-state index >= 15 is 0 Å². The van der Waals surface area contributed by atoms with Crippen LogP contribution >= 0.6 is 0 Å². The van der Waals surface area contributed by atoms with Crippen molar-refractivity contribution in [3.63, 3.8) is 0 Å². The van der Waals surface area contributed by atoms with Gasteiger partial charge < -0.3 is 16.0 Å². The number of carbonyl (C=O) groups excluding carboxylic acids is 3. The first-order valence-electron chi connectivity index (χ1n) is 16.5. The number of rotatable bonds is 17. The highest BCUT2D eigenvalue weighted by molar-refractivity contribution is 7.93. The lowest BCUT2D eigenvalue weighted by molar-refractivity contribution is -0.143. The average Bonchev–Trinajstić information content (AvgIpc) is 3.09. The second-order valence-corrected chi connectivity index (χ2v) is 13.9. The molecule has 3 rings (SSSR count). The minimum absolute atomic E-state index is 0.0160. The van der Waals surface area contributed by atoms with Crippen LogP contribution in [0.2, 0.25) is 0 Å². The number of unbranched alkanes of at least 4 members (excludes halogenated alkanes) is 4. The molecule has 2 aromatic rings. The Morgan fingerprint density at radius 3 is 1.71 bits per heavy atom. The van der Waals surface area contributed by atoms with Gasteiger partial charge in [0.15, 0.2) is 0 Å². The molecule has 10 nitrogen and oxygen atoms in total. The van der Waals surface area contributed by atoms with Crippen molar-refractivity contribution in [3.05, 3.63) is 92.9 Å². The standard InChI is InChI=1S/C35H39F6N5O5S/c1-23-8-11-26(32(48)44-15-5-2-4-14-43-31(47)25-12-9-24(22-42)10-13-25)20-30(23)52(50,51)46-17-7-3-6-16-45-33(49)27-18-28(34(36,37)38)21-29(19-27)35(39,40)41/h9-13,18-21,23,46H,2-8,14-17H2,1H3,(H,43,47)(H,44,48)(H,45,49). The van der Waals surface area contributed by atoms with Gasteiger partial charge in [0, 0.05) is 42.9 Å². The quantitative estimate of drug-likeness (QED) is 0.115. The van der Waals surface area contributed by atoms with Gasteiger partial charge in [-0.15, -0.1) is 0 Å². The number of allylic oxidation sites excluding steroid dienone is 2. The summed E-state index contributed by atoms with van der Waals surface area (Å²) in [5.74, 6) is -2.17. The van der Waals surface area contributed by atoms with Crippen molar-refractivity contribution >= 4 is 27.7 Å². The number of nitrogens with one attached hydrogen (secondary N) is 4. The molecule has 0 fully saturated rings. The van der Waals surface area contributed by atoms with Crippen LogP contribution in [0.5, 0.6) is 0 Å². The molecular formula is C35H39F6N5O5S. The van der Waals surface area contributed by atoms with Crippen molar-refractivity contribution in [1.82, 2.24) is 20.7 Å². The first-order chi connectivity index (χ1) is 24.4. The fourth-order valence-electron chi connectivity index (χ4n) is 5.11. The third-order valence-electron chi connectivity index (χ3n) is 8.03. The van der Waals surface area contributed by atoms with Crippen LogP contribution in [-0.4, -0.2) is 52.3 Å². The third-order valence-corrected chi connectivity index (χ3v) is 9.75. The zero-order chi connectivity index (χ0) is 38.5. The van der Waals surface area contributed by atoms with Crippen LogP contribution in [0.4, 0.5) is 26.3 Å². The molecule has 0 spiro atoms. The lowest BCUT2D eigenvalue weighted by Gasteiger charge is -2.20. The molecule has 0 saturated heterocycles. The highest BCUT2D eigenvalue weighted by atomic mass is 32.2. The summed E-state index contributed by atoms with van der Waals surface area (Å²) in [6, 6.07) is 8.88. The lowest BCUT2D eigenvalue weighted by atomic mass is 9.97. The maximum atomic E-state index is 13.1. The van der Waals surface area contributed by atoms with Gasteiger partial charge in [0.25, 0.3) is 17.7 Å². The number of nitrogens with zero attached hydrogens (tertiary/aromatic N) is 1. The predicted octanol–water partition coefficient (Wildman–Crippen LogP) is 5.98. The van der Waals surface area contributed by atoms with Gasteiger partial charge in [-0.1, -0.05) is 19.4 Å². The summed E-state index contributed by atoms with van der Waals surface area (Å²) in [6.45, 7) is 2.44. The van der Waals surface area contributed by atoms with Crippen LogP contribution in [0.3, 0.4) is 0 Å². The molecule has 0 saturated carbocycles. The second kappa shape index (κ2) is 18.7. The van der Waals surface area contributed by atoms with E-state index in [0.717, 1.165) is 0 Å². The molecule has 1 aliphatic rings. The maximum Gasteiger partial charge on any atom is 0.416 e. The lowest BCUT2D eigenvalue weighted by Crippen LogP contribution is -2.31. The monoisotopic (exact) mass is 755 g/mol. The van der Waals surface area contributed by atoms with E-state index in [0.29, 0.717) is 74.9 Å². The Morgan fingerprint density at radius 1 is 0.731 bits per heavy atom. The largest absolute Gasteiger partial charge is 0.416 e. The summed E-state index contributed by atoms with van der Waals surface area (Å²) in [6.07, 6.45) is -3.85. The number of amides is 3. The molecule has 0 heterocycles. The number of halogens is 6. The molecule has 52 heavy (non-hydrogen) atoms. The van der Waals surface area contributed by atoms with E-state index in [4.69, 9.17) is 5.26 Å². The summed E-state index contributed by atoms with van der Waals surface area (Å²) in [5, 5.41) is 16.7.